The van der Waals surface area contributed by atoms with Gasteiger partial charge in [-0.1, -0.05) is 24.0 Å². The predicted octanol–water partition coefficient (Wildman–Crippen LogP) is 3.10. The number of thioether (sulfide) groups is 1. The first-order chi connectivity index (χ1) is 10.9. The highest BCUT2D eigenvalue weighted by atomic mass is 32.2. The van der Waals surface area contributed by atoms with E-state index in [1.807, 2.05) is 6.92 Å². The second-order valence-electron chi connectivity index (χ2n) is 5.70. The zero-order valence-corrected chi connectivity index (χ0v) is 15.5. The van der Waals surface area contributed by atoms with E-state index in [9.17, 15) is 9.59 Å². The van der Waals surface area contributed by atoms with Gasteiger partial charge in [0.2, 0.25) is 0 Å². The number of aromatic nitrogens is 1. The summed E-state index contributed by atoms with van der Waals surface area (Å²) in [4.78, 5) is 29.7. The highest BCUT2D eigenvalue weighted by Gasteiger charge is 2.27. The van der Waals surface area contributed by atoms with Crippen LogP contribution in [0.2, 0.25) is 0 Å². The van der Waals surface area contributed by atoms with Gasteiger partial charge >= 0.3 is 5.97 Å². The topological polar surface area (TPSA) is 62.4 Å². The molecule has 0 aliphatic carbocycles. The first-order valence-electron chi connectivity index (χ1n) is 7.64. The van der Waals surface area contributed by atoms with E-state index in [-0.39, 0.29) is 11.0 Å². The van der Waals surface area contributed by atoms with Crippen LogP contribution in [-0.2, 0) is 4.74 Å². The lowest BCUT2D eigenvalue weighted by atomic mass is 10.1. The number of hydrogen-bond acceptors (Lipinski definition) is 5. The highest BCUT2D eigenvalue weighted by Crippen LogP contribution is 2.26. The minimum Gasteiger partial charge on any atom is -0.465 e. The molecule has 1 atom stereocenters. The maximum atomic E-state index is 12.7. The minimum absolute atomic E-state index is 0.0488. The third kappa shape index (κ3) is 3.77. The number of esters is 1. The Morgan fingerprint density at radius 1 is 1.30 bits per heavy atom. The van der Waals surface area contributed by atoms with Crippen molar-refractivity contribution in [3.63, 3.8) is 0 Å². The standard InChI is InChI=1S/C16H22N2O3S2/c1-9-12(15(20)21-4)10(2)17-13(9)14(19)11(3)23-16(22)18-7-5-6-8-18/h11,17H,5-8H2,1-4H3/t11-/m1/s1. The van der Waals surface area contributed by atoms with Crippen LogP contribution in [0.1, 0.15) is 51.9 Å². The Morgan fingerprint density at radius 2 is 1.91 bits per heavy atom. The fourth-order valence-corrected chi connectivity index (χ4v) is 4.26. The summed E-state index contributed by atoms with van der Waals surface area (Å²) in [5.41, 5.74) is 2.19. The van der Waals surface area contributed by atoms with Crippen LogP contribution in [0.25, 0.3) is 0 Å². The van der Waals surface area contributed by atoms with Gasteiger partial charge in [0.05, 0.1) is 23.6 Å². The molecule has 1 N–H and O–H groups in total. The van der Waals surface area contributed by atoms with E-state index in [4.69, 9.17) is 17.0 Å². The molecule has 0 unspecified atom stereocenters. The van der Waals surface area contributed by atoms with E-state index in [1.54, 1.807) is 13.8 Å². The van der Waals surface area contributed by atoms with Gasteiger partial charge in [-0.3, -0.25) is 4.79 Å². The van der Waals surface area contributed by atoms with Crippen molar-refractivity contribution in [1.29, 1.82) is 0 Å². The van der Waals surface area contributed by atoms with Crippen LogP contribution in [0.5, 0.6) is 0 Å². The number of Topliss-reactive ketones (excluding diaryl/α,β-unsaturated/α-hetero) is 1. The zero-order chi connectivity index (χ0) is 17.1. The largest absolute Gasteiger partial charge is 0.465 e. The van der Waals surface area contributed by atoms with E-state index >= 15 is 0 Å². The second-order valence-corrected chi connectivity index (χ2v) is 7.68. The molecule has 1 aromatic rings. The summed E-state index contributed by atoms with van der Waals surface area (Å²) in [6.45, 7) is 7.32. The number of carbonyl (C=O) groups excluding carboxylic acids is 2. The van der Waals surface area contributed by atoms with Crippen LogP contribution in [-0.4, -0.2) is 51.4 Å². The summed E-state index contributed by atoms with van der Waals surface area (Å²) in [6.07, 6.45) is 2.31. The Hall–Kier alpha value is -1.34. The normalized spacial score (nSPS) is 15.6. The summed E-state index contributed by atoms with van der Waals surface area (Å²) in [5.74, 6) is -0.476. The van der Waals surface area contributed by atoms with Crippen LogP contribution in [0.3, 0.4) is 0 Å². The molecule has 0 spiro atoms. The third-order valence-electron chi connectivity index (χ3n) is 4.08. The number of ether oxygens (including phenoxy) is 1. The molecule has 2 heterocycles. The average molecular weight is 354 g/mol. The van der Waals surface area contributed by atoms with E-state index in [2.05, 4.69) is 9.88 Å². The number of ketones is 1. The molecule has 1 saturated heterocycles. The molecule has 0 bridgehead atoms. The molecule has 7 heteroatoms. The van der Waals surface area contributed by atoms with Crippen molar-refractivity contribution in [3.8, 4) is 0 Å². The summed E-state index contributed by atoms with van der Waals surface area (Å²) in [6, 6.07) is 0. The number of H-pyrrole nitrogens is 1. The molecule has 23 heavy (non-hydrogen) atoms. The lowest BCUT2D eigenvalue weighted by molar-refractivity contribution is 0.0599. The number of thiocarbonyl (C=S) groups is 1. The Labute approximate surface area is 146 Å². The van der Waals surface area contributed by atoms with Crippen LogP contribution >= 0.6 is 24.0 Å². The predicted molar refractivity (Wildman–Crippen MR) is 96.4 cm³/mol. The Bertz CT molecular complexity index is 634. The number of aryl methyl sites for hydroxylation is 1. The van der Waals surface area contributed by atoms with E-state index in [0.717, 1.165) is 30.3 Å². The van der Waals surface area contributed by atoms with Gasteiger partial charge < -0.3 is 14.6 Å². The third-order valence-corrected chi connectivity index (χ3v) is 5.66. The summed E-state index contributed by atoms with van der Waals surface area (Å²) in [7, 11) is 1.34. The number of nitrogens with zero attached hydrogens (tertiary/aromatic N) is 1. The molecule has 1 aliphatic rings. The molecular weight excluding hydrogens is 332 g/mol. The number of methoxy groups -OCH3 is 1. The number of rotatable bonds is 4. The smallest absolute Gasteiger partial charge is 0.339 e. The molecule has 0 saturated carbocycles. The van der Waals surface area contributed by atoms with Gasteiger partial charge in [-0.05, 0) is 39.2 Å². The molecule has 1 aromatic heterocycles. The zero-order valence-electron chi connectivity index (χ0n) is 13.9. The van der Waals surface area contributed by atoms with Crippen molar-refractivity contribution in [3.05, 3.63) is 22.5 Å². The maximum absolute atomic E-state index is 12.7. The molecule has 126 valence electrons. The summed E-state index contributed by atoms with van der Waals surface area (Å²) >= 11 is 6.85. The van der Waals surface area contributed by atoms with E-state index < -0.39 is 5.97 Å². The molecule has 1 fully saturated rings. The molecular formula is C16H22N2O3S2. The second kappa shape index (κ2) is 7.49. The van der Waals surface area contributed by atoms with Gasteiger partial charge in [0.1, 0.15) is 4.32 Å². The lowest BCUT2D eigenvalue weighted by Crippen LogP contribution is -2.27. The SMILES string of the molecule is COC(=O)c1c(C)[nH]c(C(=O)[C@@H](C)SC(=S)N2CCCC2)c1C. The van der Waals surface area contributed by atoms with Gasteiger partial charge in [0, 0.05) is 18.8 Å². The fourth-order valence-electron chi connectivity index (χ4n) is 2.79. The lowest BCUT2D eigenvalue weighted by Gasteiger charge is -2.20. The molecule has 5 nitrogen and oxygen atoms in total. The maximum Gasteiger partial charge on any atom is 0.339 e. The number of hydrogen-bond donors (Lipinski definition) is 1. The van der Waals surface area contributed by atoms with Crippen molar-refractivity contribution >= 4 is 40.1 Å². The first-order valence-corrected chi connectivity index (χ1v) is 8.92. The molecule has 2 rings (SSSR count). The van der Waals surface area contributed by atoms with Gasteiger partial charge in [-0.25, -0.2) is 4.79 Å². The quantitative estimate of drug-likeness (QED) is 0.509. The number of carbonyl (C=O) groups is 2. The Kier molecular flexibility index (Phi) is 5.86. The first kappa shape index (κ1) is 18.0. The minimum atomic E-state index is -0.428. The number of nitrogens with one attached hydrogen (secondary N) is 1. The van der Waals surface area contributed by atoms with Crippen LogP contribution in [0.15, 0.2) is 0 Å². The summed E-state index contributed by atoms with van der Waals surface area (Å²) < 4.78 is 5.56. The monoisotopic (exact) mass is 354 g/mol. The number of likely N-dealkylation sites (tertiary alicyclic amines) is 1. The van der Waals surface area contributed by atoms with E-state index in [1.165, 1.54) is 18.9 Å². The van der Waals surface area contributed by atoms with Crippen molar-refractivity contribution in [2.45, 2.75) is 38.9 Å². The Balaban J connectivity index is 2.13. The van der Waals surface area contributed by atoms with Crippen LogP contribution in [0, 0.1) is 13.8 Å². The Morgan fingerprint density at radius 3 is 2.48 bits per heavy atom. The molecule has 1 aliphatic heterocycles. The van der Waals surface area contributed by atoms with Crippen LogP contribution in [0.4, 0.5) is 0 Å². The molecule has 0 radical (unpaired) electrons. The van der Waals surface area contributed by atoms with Gasteiger partial charge in [-0.2, -0.15) is 0 Å². The van der Waals surface area contributed by atoms with Crippen molar-refractivity contribution in [2.75, 3.05) is 20.2 Å². The van der Waals surface area contributed by atoms with Gasteiger partial charge in [0.15, 0.2) is 5.78 Å². The average Bonchev–Trinajstić information content (AvgIpc) is 3.14. The van der Waals surface area contributed by atoms with Crippen molar-refractivity contribution in [2.24, 2.45) is 0 Å². The fraction of sp³-hybridized carbons (Fsp3) is 0.562. The van der Waals surface area contributed by atoms with E-state index in [0.29, 0.717) is 22.5 Å². The summed E-state index contributed by atoms with van der Waals surface area (Å²) in [5, 5.41) is -0.301. The molecule has 0 aromatic carbocycles. The highest BCUT2D eigenvalue weighted by molar-refractivity contribution is 8.23. The van der Waals surface area contributed by atoms with Gasteiger partial charge in [-0.15, -0.1) is 0 Å². The number of aromatic amines is 1. The van der Waals surface area contributed by atoms with Crippen molar-refractivity contribution in [1.82, 2.24) is 9.88 Å². The molecule has 0 amide bonds. The van der Waals surface area contributed by atoms with Crippen LogP contribution < -0.4 is 0 Å². The van der Waals surface area contributed by atoms with Gasteiger partial charge in [0.25, 0.3) is 0 Å². The van der Waals surface area contributed by atoms with Crippen molar-refractivity contribution < 1.29 is 14.3 Å².